The van der Waals surface area contributed by atoms with Crippen LogP contribution in [0, 0.1) is 2.88 Å². The molecular weight excluding hydrogens is 319 g/mol. The number of benzene rings is 1. The van der Waals surface area contributed by atoms with E-state index >= 15 is 0 Å². The fraction of sp³-hybridized carbons (Fsp3) is 0.167. The predicted octanol–water partition coefficient (Wildman–Crippen LogP) is 4.07. The first-order valence-corrected chi connectivity index (χ1v) is 6.65. The summed E-state index contributed by atoms with van der Waals surface area (Å²) in [6.07, 6.45) is 0. The Morgan fingerprint density at radius 1 is 1.07 bits per heavy atom. The molecule has 0 unspecified atom stereocenters. The zero-order valence-corrected chi connectivity index (χ0v) is 11.1. The lowest BCUT2D eigenvalue weighted by atomic mass is 10.2. The van der Waals surface area contributed by atoms with Crippen LogP contribution in [-0.4, -0.2) is 0 Å². The fourth-order valence-corrected chi connectivity index (χ4v) is 2.68. The van der Waals surface area contributed by atoms with Gasteiger partial charge < -0.3 is 4.74 Å². The summed E-state index contributed by atoms with van der Waals surface area (Å²) in [5, 5.41) is 2.10. The molecule has 1 heterocycles. The van der Waals surface area contributed by atoms with Gasteiger partial charge in [-0.05, 0) is 39.6 Å². The maximum Gasteiger partial charge on any atom is 0.0740 e. The number of halogens is 1. The van der Waals surface area contributed by atoms with Crippen molar-refractivity contribution in [3.8, 4) is 0 Å². The van der Waals surface area contributed by atoms with E-state index < -0.39 is 0 Å². The molecule has 3 heteroatoms. The van der Waals surface area contributed by atoms with Crippen LogP contribution in [0.5, 0.6) is 0 Å². The van der Waals surface area contributed by atoms with Gasteiger partial charge in [-0.1, -0.05) is 30.3 Å². The Morgan fingerprint density at radius 2 is 1.87 bits per heavy atom. The number of ether oxygens (including phenoxy) is 1. The van der Waals surface area contributed by atoms with Crippen molar-refractivity contribution in [1.82, 2.24) is 0 Å². The van der Waals surface area contributed by atoms with Crippen molar-refractivity contribution in [1.29, 1.82) is 0 Å². The third kappa shape index (κ3) is 3.29. The molecule has 1 aromatic heterocycles. The molecule has 0 fully saturated rings. The highest BCUT2D eigenvalue weighted by molar-refractivity contribution is 14.1. The average Bonchev–Trinajstić information content (AvgIpc) is 2.66. The van der Waals surface area contributed by atoms with Crippen molar-refractivity contribution in [2.75, 3.05) is 0 Å². The summed E-state index contributed by atoms with van der Waals surface area (Å²) in [7, 11) is 0. The van der Waals surface area contributed by atoms with E-state index in [1.807, 2.05) is 18.2 Å². The van der Waals surface area contributed by atoms with E-state index in [1.54, 1.807) is 11.3 Å². The van der Waals surface area contributed by atoms with Gasteiger partial charge in [-0.15, -0.1) is 11.3 Å². The second kappa shape index (κ2) is 5.63. The van der Waals surface area contributed by atoms with Crippen LogP contribution in [0.2, 0.25) is 0 Å². The van der Waals surface area contributed by atoms with Gasteiger partial charge in [0.15, 0.2) is 0 Å². The van der Waals surface area contributed by atoms with E-state index in [9.17, 15) is 0 Å². The first kappa shape index (κ1) is 11.1. The van der Waals surface area contributed by atoms with E-state index in [1.165, 1.54) is 14.0 Å². The summed E-state index contributed by atoms with van der Waals surface area (Å²) >= 11 is 4.11. The summed E-state index contributed by atoms with van der Waals surface area (Å²) in [6, 6.07) is 12.4. The summed E-state index contributed by atoms with van der Waals surface area (Å²) in [5.41, 5.74) is 2.51. The Labute approximate surface area is 107 Å². The number of rotatable bonds is 4. The van der Waals surface area contributed by atoms with Crippen LogP contribution in [0.25, 0.3) is 0 Å². The van der Waals surface area contributed by atoms with Crippen molar-refractivity contribution >= 4 is 33.9 Å². The molecule has 0 atom stereocenters. The fourth-order valence-electron chi connectivity index (χ4n) is 1.28. The molecule has 0 spiro atoms. The van der Waals surface area contributed by atoms with E-state index in [2.05, 4.69) is 46.2 Å². The minimum atomic E-state index is 0.687. The molecule has 0 radical (unpaired) electrons. The molecule has 0 N–H and O–H groups in total. The maximum atomic E-state index is 5.65. The van der Waals surface area contributed by atoms with Gasteiger partial charge in [-0.2, -0.15) is 0 Å². The average molecular weight is 330 g/mol. The lowest BCUT2D eigenvalue weighted by Crippen LogP contribution is -1.93. The van der Waals surface area contributed by atoms with Gasteiger partial charge in [-0.25, -0.2) is 0 Å². The Kier molecular flexibility index (Phi) is 4.17. The summed E-state index contributed by atoms with van der Waals surface area (Å²) in [6.45, 7) is 1.39. The predicted molar refractivity (Wildman–Crippen MR) is 72.0 cm³/mol. The van der Waals surface area contributed by atoms with E-state index in [0.717, 1.165) is 0 Å². The van der Waals surface area contributed by atoms with Crippen LogP contribution in [-0.2, 0) is 18.0 Å². The van der Waals surface area contributed by atoms with Gasteiger partial charge in [0, 0.05) is 5.56 Å². The van der Waals surface area contributed by atoms with Crippen LogP contribution in [0.4, 0.5) is 0 Å². The van der Waals surface area contributed by atoms with Gasteiger partial charge >= 0.3 is 0 Å². The Balaban J connectivity index is 1.83. The lowest BCUT2D eigenvalue weighted by molar-refractivity contribution is 0.107. The highest BCUT2D eigenvalue weighted by Gasteiger charge is 2.00. The second-order valence-corrected chi connectivity index (χ2v) is 5.92. The zero-order chi connectivity index (χ0) is 10.5. The molecule has 15 heavy (non-hydrogen) atoms. The highest BCUT2D eigenvalue weighted by Crippen LogP contribution is 2.19. The number of hydrogen-bond donors (Lipinski definition) is 0. The first-order chi connectivity index (χ1) is 7.36. The zero-order valence-electron chi connectivity index (χ0n) is 8.15. The van der Waals surface area contributed by atoms with Crippen molar-refractivity contribution in [3.63, 3.8) is 0 Å². The highest BCUT2D eigenvalue weighted by atomic mass is 127. The van der Waals surface area contributed by atoms with Crippen LogP contribution < -0.4 is 0 Å². The van der Waals surface area contributed by atoms with Crippen LogP contribution in [0.15, 0.2) is 41.8 Å². The van der Waals surface area contributed by atoms with Gasteiger partial charge in [-0.3, -0.25) is 0 Å². The molecule has 0 aliphatic heterocycles. The van der Waals surface area contributed by atoms with Gasteiger partial charge in [0.2, 0.25) is 0 Å². The Hall–Kier alpha value is -0.390. The smallest absolute Gasteiger partial charge is 0.0740 e. The maximum absolute atomic E-state index is 5.65. The third-order valence-corrected chi connectivity index (χ3v) is 4.26. The van der Waals surface area contributed by atoms with Gasteiger partial charge in [0.1, 0.15) is 0 Å². The van der Waals surface area contributed by atoms with E-state index in [0.29, 0.717) is 13.2 Å². The molecule has 0 saturated carbocycles. The molecule has 78 valence electrons. The standard InChI is InChI=1S/C12H11IOS/c13-12-11(6-7-15-12)9-14-8-10-4-2-1-3-5-10/h1-7H,8-9H2. The number of hydrogen-bond acceptors (Lipinski definition) is 2. The minimum Gasteiger partial charge on any atom is -0.372 e. The van der Waals surface area contributed by atoms with Crippen molar-refractivity contribution in [2.24, 2.45) is 0 Å². The van der Waals surface area contributed by atoms with Crippen molar-refractivity contribution in [2.45, 2.75) is 13.2 Å². The van der Waals surface area contributed by atoms with Crippen LogP contribution >= 0.6 is 33.9 Å². The topological polar surface area (TPSA) is 9.23 Å². The Bertz CT molecular complexity index is 411. The second-order valence-electron chi connectivity index (χ2n) is 3.20. The molecule has 2 rings (SSSR count). The Morgan fingerprint density at radius 3 is 2.53 bits per heavy atom. The van der Waals surface area contributed by atoms with Crippen molar-refractivity contribution in [3.05, 3.63) is 55.8 Å². The SMILES string of the molecule is Ic1sccc1COCc1ccccc1. The summed E-state index contributed by atoms with van der Waals surface area (Å²) in [4.78, 5) is 0. The first-order valence-electron chi connectivity index (χ1n) is 4.70. The van der Waals surface area contributed by atoms with E-state index in [-0.39, 0.29) is 0 Å². The molecule has 2 aromatic rings. The summed E-state index contributed by atoms with van der Waals surface area (Å²) < 4.78 is 6.97. The van der Waals surface area contributed by atoms with Crippen molar-refractivity contribution < 1.29 is 4.74 Å². The van der Waals surface area contributed by atoms with E-state index in [4.69, 9.17) is 4.74 Å². The van der Waals surface area contributed by atoms with Gasteiger partial charge in [0.25, 0.3) is 0 Å². The molecule has 0 aliphatic rings. The molecule has 0 saturated heterocycles. The van der Waals surface area contributed by atoms with Crippen LogP contribution in [0.1, 0.15) is 11.1 Å². The summed E-state index contributed by atoms with van der Waals surface area (Å²) in [5.74, 6) is 0. The monoisotopic (exact) mass is 330 g/mol. The third-order valence-electron chi connectivity index (χ3n) is 2.06. The molecule has 1 aromatic carbocycles. The normalized spacial score (nSPS) is 10.5. The molecule has 0 amide bonds. The lowest BCUT2D eigenvalue weighted by Gasteiger charge is -2.03. The molecule has 0 bridgehead atoms. The molecule has 0 aliphatic carbocycles. The van der Waals surface area contributed by atoms with Gasteiger partial charge in [0.05, 0.1) is 16.1 Å². The van der Waals surface area contributed by atoms with Crippen LogP contribution in [0.3, 0.4) is 0 Å². The molecule has 1 nitrogen and oxygen atoms in total. The molecular formula is C12H11IOS. The number of thiophene rings is 1. The quantitative estimate of drug-likeness (QED) is 0.768. The minimum absolute atomic E-state index is 0.687. The largest absolute Gasteiger partial charge is 0.372 e.